The van der Waals surface area contributed by atoms with Gasteiger partial charge in [-0.15, -0.1) is 5.10 Å². The van der Waals surface area contributed by atoms with E-state index in [1.54, 1.807) is 7.11 Å². The maximum Gasteiger partial charge on any atom is 0.168 e. The van der Waals surface area contributed by atoms with E-state index in [0.717, 1.165) is 22.5 Å². The van der Waals surface area contributed by atoms with Gasteiger partial charge in [0.15, 0.2) is 11.6 Å². The first-order valence-corrected chi connectivity index (χ1v) is 6.46. The van der Waals surface area contributed by atoms with Gasteiger partial charge in [0.05, 0.1) is 11.5 Å². The van der Waals surface area contributed by atoms with E-state index in [1.807, 2.05) is 0 Å². The fraction of sp³-hybridized carbons (Fsp3) is 0.333. The standard InChI is InChI=1S/C12H13F2N3OS/c1-18-6-5-15-7-10-12(16-17-19-10)8-3-2-4-9(13)11(8)14/h2-4,15H,5-7H2,1H3. The van der Waals surface area contributed by atoms with Gasteiger partial charge in [0.1, 0.15) is 5.69 Å². The number of nitrogens with zero attached hydrogens (tertiary/aromatic N) is 2. The third-order valence-corrected chi connectivity index (χ3v) is 3.25. The first kappa shape index (κ1) is 14.0. The summed E-state index contributed by atoms with van der Waals surface area (Å²) in [5.74, 6) is -1.78. The third-order valence-electron chi connectivity index (χ3n) is 2.53. The van der Waals surface area contributed by atoms with Crippen molar-refractivity contribution in [2.75, 3.05) is 20.3 Å². The van der Waals surface area contributed by atoms with E-state index in [2.05, 4.69) is 14.9 Å². The predicted molar refractivity (Wildman–Crippen MR) is 68.8 cm³/mol. The molecular weight excluding hydrogens is 272 g/mol. The van der Waals surface area contributed by atoms with Gasteiger partial charge >= 0.3 is 0 Å². The largest absolute Gasteiger partial charge is 0.383 e. The van der Waals surface area contributed by atoms with Crippen molar-refractivity contribution in [1.82, 2.24) is 14.9 Å². The van der Waals surface area contributed by atoms with E-state index in [1.165, 1.54) is 12.1 Å². The molecule has 7 heteroatoms. The van der Waals surface area contributed by atoms with Crippen LogP contribution in [0.3, 0.4) is 0 Å². The van der Waals surface area contributed by atoms with E-state index in [9.17, 15) is 8.78 Å². The van der Waals surface area contributed by atoms with Crippen molar-refractivity contribution in [2.24, 2.45) is 0 Å². The highest BCUT2D eigenvalue weighted by atomic mass is 32.1. The van der Waals surface area contributed by atoms with Crippen molar-refractivity contribution >= 4 is 11.5 Å². The molecule has 0 atom stereocenters. The Labute approximate surface area is 113 Å². The summed E-state index contributed by atoms with van der Waals surface area (Å²) in [5.41, 5.74) is 0.518. The third kappa shape index (κ3) is 3.31. The molecule has 0 unspecified atom stereocenters. The molecule has 0 radical (unpaired) electrons. The molecule has 0 amide bonds. The lowest BCUT2D eigenvalue weighted by Gasteiger charge is -2.05. The minimum absolute atomic E-state index is 0.136. The summed E-state index contributed by atoms with van der Waals surface area (Å²) in [5, 5.41) is 7.00. The average molecular weight is 285 g/mol. The second-order valence-electron chi connectivity index (χ2n) is 3.82. The summed E-state index contributed by atoms with van der Waals surface area (Å²) in [4.78, 5) is 0.764. The topological polar surface area (TPSA) is 47.0 Å². The van der Waals surface area contributed by atoms with Gasteiger partial charge in [0, 0.05) is 25.8 Å². The van der Waals surface area contributed by atoms with E-state index in [0.29, 0.717) is 25.4 Å². The van der Waals surface area contributed by atoms with Crippen molar-refractivity contribution in [3.05, 3.63) is 34.7 Å². The van der Waals surface area contributed by atoms with Crippen LogP contribution in [0.2, 0.25) is 0 Å². The van der Waals surface area contributed by atoms with E-state index in [4.69, 9.17) is 4.74 Å². The minimum atomic E-state index is -0.895. The minimum Gasteiger partial charge on any atom is -0.383 e. The monoisotopic (exact) mass is 285 g/mol. The summed E-state index contributed by atoms with van der Waals surface area (Å²) in [6.45, 7) is 1.74. The second-order valence-corrected chi connectivity index (χ2v) is 4.65. The summed E-state index contributed by atoms with van der Waals surface area (Å²) in [6.07, 6.45) is 0. The molecule has 4 nitrogen and oxygen atoms in total. The average Bonchev–Trinajstić information content (AvgIpc) is 2.86. The van der Waals surface area contributed by atoms with Crippen LogP contribution < -0.4 is 5.32 Å². The smallest absolute Gasteiger partial charge is 0.168 e. The van der Waals surface area contributed by atoms with Crippen LogP contribution in [0.15, 0.2) is 18.2 Å². The lowest BCUT2D eigenvalue weighted by atomic mass is 10.1. The van der Waals surface area contributed by atoms with Crippen molar-refractivity contribution in [1.29, 1.82) is 0 Å². The SMILES string of the molecule is COCCNCc1snnc1-c1cccc(F)c1F. The highest BCUT2D eigenvalue weighted by Crippen LogP contribution is 2.27. The Kier molecular flexibility index (Phi) is 4.89. The molecule has 0 saturated carbocycles. The molecule has 0 spiro atoms. The summed E-state index contributed by atoms with van der Waals surface area (Å²) < 4.78 is 35.6. The molecule has 1 heterocycles. The number of benzene rings is 1. The van der Waals surface area contributed by atoms with Crippen LogP contribution in [0.5, 0.6) is 0 Å². The number of rotatable bonds is 6. The van der Waals surface area contributed by atoms with Crippen molar-refractivity contribution in [3.8, 4) is 11.3 Å². The van der Waals surface area contributed by atoms with Gasteiger partial charge in [-0.3, -0.25) is 0 Å². The Hall–Kier alpha value is -1.44. The van der Waals surface area contributed by atoms with Crippen molar-refractivity contribution in [2.45, 2.75) is 6.54 Å². The number of hydrogen-bond acceptors (Lipinski definition) is 5. The number of aromatic nitrogens is 2. The number of halogens is 2. The van der Waals surface area contributed by atoms with Crippen LogP contribution in [0.25, 0.3) is 11.3 Å². The van der Waals surface area contributed by atoms with Gasteiger partial charge in [0.2, 0.25) is 0 Å². The van der Waals surface area contributed by atoms with Crippen LogP contribution in [-0.4, -0.2) is 29.8 Å². The molecule has 0 saturated heterocycles. The van der Waals surface area contributed by atoms with E-state index >= 15 is 0 Å². The lowest BCUT2D eigenvalue weighted by Crippen LogP contribution is -2.18. The molecule has 0 aliphatic carbocycles. The van der Waals surface area contributed by atoms with Crippen LogP contribution in [0.1, 0.15) is 4.88 Å². The number of methoxy groups -OCH3 is 1. The molecule has 102 valence electrons. The highest BCUT2D eigenvalue weighted by molar-refractivity contribution is 7.05. The molecule has 0 bridgehead atoms. The lowest BCUT2D eigenvalue weighted by molar-refractivity contribution is 0.199. The molecule has 19 heavy (non-hydrogen) atoms. The molecule has 0 aliphatic heterocycles. The van der Waals surface area contributed by atoms with E-state index < -0.39 is 11.6 Å². The predicted octanol–water partition coefficient (Wildman–Crippen LogP) is 2.22. The van der Waals surface area contributed by atoms with Gasteiger partial charge < -0.3 is 10.1 Å². The van der Waals surface area contributed by atoms with Gasteiger partial charge in [0.25, 0.3) is 0 Å². The van der Waals surface area contributed by atoms with Crippen molar-refractivity contribution < 1.29 is 13.5 Å². The zero-order valence-electron chi connectivity index (χ0n) is 10.3. The van der Waals surface area contributed by atoms with Crippen molar-refractivity contribution in [3.63, 3.8) is 0 Å². The Morgan fingerprint density at radius 1 is 1.37 bits per heavy atom. The Bertz CT molecular complexity index is 548. The summed E-state index contributed by atoms with van der Waals surface area (Å²) in [6, 6.07) is 4.03. The van der Waals surface area contributed by atoms with Crippen LogP contribution in [0.4, 0.5) is 8.78 Å². The van der Waals surface area contributed by atoms with Gasteiger partial charge in [-0.1, -0.05) is 10.6 Å². The fourth-order valence-electron chi connectivity index (χ4n) is 1.59. The molecule has 0 aliphatic rings. The second kappa shape index (κ2) is 6.65. The van der Waals surface area contributed by atoms with E-state index in [-0.39, 0.29) is 5.56 Å². The maximum absolute atomic E-state index is 13.7. The van der Waals surface area contributed by atoms with Crippen LogP contribution in [0, 0.1) is 11.6 Å². The zero-order valence-corrected chi connectivity index (χ0v) is 11.1. The summed E-state index contributed by atoms with van der Waals surface area (Å²) in [7, 11) is 1.61. The van der Waals surface area contributed by atoms with Crippen LogP contribution >= 0.6 is 11.5 Å². The van der Waals surface area contributed by atoms with Gasteiger partial charge in [-0.05, 0) is 23.7 Å². The molecule has 2 aromatic rings. The first-order chi connectivity index (χ1) is 9.24. The Morgan fingerprint density at radius 2 is 2.21 bits per heavy atom. The number of nitrogens with one attached hydrogen (secondary N) is 1. The number of hydrogen-bond donors (Lipinski definition) is 1. The maximum atomic E-state index is 13.7. The molecular formula is C12H13F2N3OS. The Balaban J connectivity index is 2.17. The summed E-state index contributed by atoms with van der Waals surface area (Å²) >= 11 is 1.16. The molecule has 2 rings (SSSR count). The highest BCUT2D eigenvalue weighted by Gasteiger charge is 2.16. The first-order valence-electron chi connectivity index (χ1n) is 5.69. The molecule has 1 N–H and O–H groups in total. The Morgan fingerprint density at radius 3 is 3.00 bits per heavy atom. The van der Waals surface area contributed by atoms with Crippen LogP contribution in [-0.2, 0) is 11.3 Å². The molecule has 1 aromatic carbocycles. The molecule has 1 aromatic heterocycles. The fourth-order valence-corrected chi connectivity index (χ4v) is 2.22. The quantitative estimate of drug-likeness (QED) is 0.827. The van der Waals surface area contributed by atoms with Gasteiger partial charge in [-0.2, -0.15) is 0 Å². The van der Waals surface area contributed by atoms with Gasteiger partial charge in [-0.25, -0.2) is 8.78 Å². The number of ether oxygens (including phenoxy) is 1. The zero-order chi connectivity index (χ0) is 13.7. The molecule has 0 fully saturated rings. The normalized spacial score (nSPS) is 10.9.